The Balaban J connectivity index is 1.97. The van der Waals surface area contributed by atoms with E-state index in [1.807, 2.05) is 0 Å². The molecular formula is C36H59N9O12. The van der Waals surface area contributed by atoms with Gasteiger partial charge in [0.2, 0.25) is 47.3 Å². The predicted octanol–water partition coefficient (Wildman–Crippen LogP) is -2.84. The SMILES string of the molecule is CC(C)[C@H](NC(=O)[C@@H](NC(=O)[C@@H]1CCCN1C(=O)[C@H](C)NC(=O)[C@H](C)NC(=O)[C@@H]1CCCN1C(=O)[C@H](C)NC(=O)[C@H](C)NC(=O)[C@@H](N)CC(=O)O)C(C)C)C(=O)O. The number of nitrogens with one attached hydrogen (secondary N) is 6. The number of nitrogens with two attached hydrogens (primary N) is 1. The zero-order valence-electron chi connectivity index (χ0n) is 33.7. The largest absolute Gasteiger partial charge is 0.481 e. The predicted molar refractivity (Wildman–Crippen MR) is 201 cm³/mol. The second-order valence-electron chi connectivity index (χ2n) is 15.3. The van der Waals surface area contributed by atoms with E-state index in [1.54, 1.807) is 27.7 Å². The van der Waals surface area contributed by atoms with E-state index in [9.17, 15) is 53.1 Å². The van der Waals surface area contributed by atoms with Crippen LogP contribution in [0.3, 0.4) is 0 Å². The summed E-state index contributed by atoms with van der Waals surface area (Å²) in [5.41, 5.74) is 5.52. The summed E-state index contributed by atoms with van der Waals surface area (Å²) >= 11 is 0. The third-order valence-electron chi connectivity index (χ3n) is 9.85. The van der Waals surface area contributed by atoms with Gasteiger partial charge >= 0.3 is 11.9 Å². The number of carbonyl (C=O) groups is 10. The molecule has 0 unspecified atom stereocenters. The first-order valence-corrected chi connectivity index (χ1v) is 19.1. The van der Waals surface area contributed by atoms with Crippen molar-refractivity contribution in [1.29, 1.82) is 0 Å². The van der Waals surface area contributed by atoms with E-state index >= 15 is 0 Å². The van der Waals surface area contributed by atoms with Crippen molar-refractivity contribution < 1.29 is 58.2 Å². The van der Waals surface area contributed by atoms with Crippen molar-refractivity contribution in [3.05, 3.63) is 0 Å². The van der Waals surface area contributed by atoms with Gasteiger partial charge in [0.25, 0.3) is 0 Å². The van der Waals surface area contributed by atoms with Gasteiger partial charge in [0.15, 0.2) is 0 Å². The van der Waals surface area contributed by atoms with Crippen LogP contribution in [0.15, 0.2) is 0 Å². The third kappa shape index (κ3) is 13.4. The van der Waals surface area contributed by atoms with E-state index in [0.29, 0.717) is 19.3 Å². The van der Waals surface area contributed by atoms with Crippen LogP contribution in [0.1, 0.15) is 87.5 Å². The Hall–Kier alpha value is -5.34. The van der Waals surface area contributed by atoms with Gasteiger partial charge in [0.05, 0.1) is 12.5 Å². The highest BCUT2D eigenvalue weighted by atomic mass is 16.4. The maximum Gasteiger partial charge on any atom is 0.326 e. The van der Waals surface area contributed by atoms with Gasteiger partial charge < -0.3 is 57.6 Å². The second kappa shape index (κ2) is 21.3. The molecule has 0 aromatic rings. The number of amides is 8. The van der Waals surface area contributed by atoms with Gasteiger partial charge in [-0.1, -0.05) is 27.7 Å². The van der Waals surface area contributed by atoms with Crippen molar-refractivity contribution in [1.82, 2.24) is 41.7 Å². The molecule has 0 aliphatic carbocycles. The van der Waals surface area contributed by atoms with Crippen LogP contribution in [0.4, 0.5) is 0 Å². The van der Waals surface area contributed by atoms with E-state index in [0.717, 1.165) is 0 Å². The summed E-state index contributed by atoms with van der Waals surface area (Å²) in [4.78, 5) is 129. The molecule has 2 saturated heterocycles. The van der Waals surface area contributed by atoms with Crippen molar-refractivity contribution in [3.8, 4) is 0 Å². The molecule has 0 spiro atoms. The molecule has 21 nitrogen and oxygen atoms in total. The zero-order chi connectivity index (χ0) is 43.5. The molecule has 2 heterocycles. The molecule has 2 aliphatic heterocycles. The van der Waals surface area contributed by atoms with E-state index in [2.05, 4.69) is 31.9 Å². The molecule has 0 saturated carbocycles. The molecule has 0 bridgehead atoms. The van der Waals surface area contributed by atoms with Gasteiger partial charge in [-0.25, -0.2) is 4.79 Å². The molecule has 0 radical (unpaired) electrons. The maximum absolute atomic E-state index is 13.5. The van der Waals surface area contributed by atoms with E-state index in [4.69, 9.17) is 10.8 Å². The summed E-state index contributed by atoms with van der Waals surface area (Å²) in [6.07, 6.45) is 0.843. The molecule has 57 heavy (non-hydrogen) atoms. The van der Waals surface area contributed by atoms with Crippen LogP contribution in [-0.4, -0.2) is 147 Å². The lowest BCUT2D eigenvalue weighted by Gasteiger charge is -2.31. The fourth-order valence-electron chi connectivity index (χ4n) is 6.49. The van der Waals surface area contributed by atoms with Crippen molar-refractivity contribution in [2.24, 2.45) is 17.6 Å². The minimum absolute atomic E-state index is 0.188. The number of carboxylic acids is 2. The molecule has 2 aliphatic rings. The van der Waals surface area contributed by atoms with Crippen LogP contribution in [0.2, 0.25) is 0 Å². The first-order valence-electron chi connectivity index (χ1n) is 19.1. The number of hydrogen-bond donors (Lipinski definition) is 9. The smallest absolute Gasteiger partial charge is 0.326 e. The summed E-state index contributed by atoms with van der Waals surface area (Å²) in [7, 11) is 0. The molecule has 0 aromatic carbocycles. The molecule has 0 aromatic heterocycles. The Kier molecular flexibility index (Phi) is 17.8. The van der Waals surface area contributed by atoms with Crippen LogP contribution < -0.4 is 37.6 Å². The van der Waals surface area contributed by atoms with Crippen LogP contribution >= 0.6 is 0 Å². The van der Waals surface area contributed by atoms with E-state index < -0.39 is 132 Å². The highest BCUT2D eigenvalue weighted by Crippen LogP contribution is 2.21. The summed E-state index contributed by atoms with van der Waals surface area (Å²) < 4.78 is 0. The Morgan fingerprint density at radius 3 is 1.35 bits per heavy atom. The lowest BCUT2D eigenvalue weighted by atomic mass is 9.99. The number of hydrogen-bond acceptors (Lipinski definition) is 11. The van der Waals surface area contributed by atoms with E-state index in [1.165, 1.54) is 37.5 Å². The average molecular weight is 810 g/mol. The quantitative estimate of drug-likeness (QED) is 0.0636. The topological polar surface area (TPSA) is 316 Å². The number of rotatable bonds is 19. The average Bonchev–Trinajstić information content (AvgIpc) is 3.82. The monoisotopic (exact) mass is 809 g/mol. The van der Waals surface area contributed by atoms with Gasteiger partial charge in [0, 0.05) is 13.1 Å². The van der Waals surface area contributed by atoms with Crippen molar-refractivity contribution in [2.45, 2.75) is 142 Å². The highest BCUT2D eigenvalue weighted by molar-refractivity contribution is 5.98. The first kappa shape index (κ1) is 47.8. The Morgan fingerprint density at radius 1 is 0.544 bits per heavy atom. The Bertz CT molecular complexity index is 1560. The molecule has 2 fully saturated rings. The molecule has 2 rings (SSSR count). The lowest BCUT2D eigenvalue weighted by molar-refractivity contribution is -0.144. The maximum atomic E-state index is 13.5. The Labute approximate surface area is 331 Å². The summed E-state index contributed by atoms with van der Waals surface area (Å²) in [6.45, 7) is 12.6. The first-order chi connectivity index (χ1) is 26.5. The minimum Gasteiger partial charge on any atom is -0.481 e. The van der Waals surface area contributed by atoms with Crippen LogP contribution in [0.25, 0.3) is 0 Å². The van der Waals surface area contributed by atoms with Crippen LogP contribution in [-0.2, 0) is 47.9 Å². The molecule has 21 heteroatoms. The fourth-order valence-corrected chi connectivity index (χ4v) is 6.49. The van der Waals surface area contributed by atoms with Gasteiger partial charge in [-0.15, -0.1) is 0 Å². The van der Waals surface area contributed by atoms with Gasteiger partial charge in [-0.3, -0.25) is 43.2 Å². The number of likely N-dealkylation sites (tertiary alicyclic amines) is 2. The van der Waals surface area contributed by atoms with Crippen molar-refractivity contribution in [2.75, 3.05) is 13.1 Å². The second-order valence-corrected chi connectivity index (χ2v) is 15.3. The summed E-state index contributed by atoms with van der Waals surface area (Å²) in [5, 5.41) is 33.3. The van der Waals surface area contributed by atoms with Gasteiger partial charge in [-0.2, -0.15) is 0 Å². The third-order valence-corrected chi connectivity index (χ3v) is 9.85. The van der Waals surface area contributed by atoms with Gasteiger partial charge in [0.1, 0.15) is 48.3 Å². The van der Waals surface area contributed by atoms with Crippen LogP contribution in [0.5, 0.6) is 0 Å². The Morgan fingerprint density at radius 2 is 0.947 bits per heavy atom. The lowest BCUT2D eigenvalue weighted by Crippen LogP contribution is -2.59. The highest BCUT2D eigenvalue weighted by Gasteiger charge is 2.40. The summed E-state index contributed by atoms with van der Waals surface area (Å²) in [5.74, 6) is -8.75. The van der Waals surface area contributed by atoms with Gasteiger partial charge in [-0.05, 0) is 65.2 Å². The normalized spacial score (nSPS) is 20.3. The zero-order valence-corrected chi connectivity index (χ0v) is 33.7. The molecule has 320 valence electrons. The van der Waals surface area contributed by atoms with Crippen molar-refractivity contribution in [3.63, 3.8) is 0 Å². The number of aliphatic carboxylic acids is 2. The molecular weight excluding hydrogens is 750 g/mol. The fraction of sp³-hybridized carbons (Fsp3) is 0.722. The molecule has 10 N–H and O–H groups in total. The minimum atomic E-state index is -1.39. The van der Waals surface area contributed by atoms with Crippen molar-refractivity contribution >= 4 is 59.2 Å². The number of carbonyl (C=O) groups excluding carboxylic acids is 8. The summed E-state index contributed by atoms with van der Waals surface area (Å²) in [6, 6.07) is -10.1. The number of nitrogens with zero attached hydrogens (tertiary/aromatic N) is 2. The van der Waals surface area contributed by atoms with Crippen LogP contribution in [0, 0.1) is 11.8 Å². The standard InChI is InChI=1S/C36H59N9O12/c1-16(2)26(33(53)43-27(17(3)4)36(56)57)42-32(52)24-12-10-14-45(24)35(55)21(8)41-29(49)19(6)39-31(51)23-11-9-13-44(23)34(54)20(7)40-28(48)18(5)38-30(50)22(37)15-25(46)47/h16-24,26-27H,9-15,37H2,1-8H3,(H,38,50)(H,39,51)(H,40,48)(H,41,49)(H,42,52)(H,43,53)(H,46,47)(H,56,57)/t18-,19-,20-,21-,22-,23-,24-,26-,27-/m0/s1. The molecule has 9 atom stereocenters. The van der Waals surface area contributed by atoms with E-state index in [-0.39, 0.29) is 19.5 Å². The molecule has 8 amide bonds. The number of carboxylic acid groups (broad SMARTS) is 2.